The summed E-state index contributed by atoms with van der Waals surface area (Å²) in [6, 6.07) is 9.64. The van der Waals surface area contributed by atoms with E-state index in [9.17, 15) is 9.59 Å². The van der Waals surface area contributed by atoms with Crippen LogP contribution in [0.1, 0.15) is 28.9 Å². The number of nitrogens with one attached hydrogen (secondary N) is 1. The third-order valence-corrected chi connectivity index (χ3v) is 5.85. The first-order valence-corrected chi connectivity index (χ1v) is 10.1. The molecule has 3 heterocycles. The van der Waals surface area contributed by atoms with E-state index in [-0.39, 0.29) is 11.8 Å². The fourth-order valence-electron chi connectivity index (χ4n) is 3.31. The van der Waals surface area contributed by atoms with Crippen molar-refractivity contribution in [2.45, 2.75) is 19.3 Å². The van der Waals surface area contributed by atoms with Crippen LogP contribution in [-0.4, -0.2) is 49.6 Å². The van der Waals surface area contributed by atoms with Crippen LogP contribution >= 0.6 is 11.3 Å². The molecule has 2 aromatic rings. The summed E-state index contributed by atoms with van der Waals surface area (Å²) >= 11 is 1.46. The minimum atomic E-state index is -0.0726. The summed E-state index contributed by atoms with van der Waals surface area (Å²) in [6.45, 7) is 3.25. The van der Waals surface area contributed by atoms with Crippen LogP contribution in [0.3, 0.4) is 0 Å². The van der Waals surface area contributed by atoms with Crippen LogP contribution in [0.25, 0.3) is 10.4 Å². The number of nitrogens with zero attached hydrogens (tertiary/aromatic N) is 1. The fraction of sp³-hybridized carbons (Fsp3) is 0.400. The molecule has 1 saturated heterocycles. The second-order valence-corrected chi connectivity index (χ2v) is 7.70. The van der Waals surface area contributed by atoms with E-state index < -0.39 is 0 Å². The first-order valence-electron chi connectivity index (χ1n) is 9.26. The molecule has 0 spiro atoms. The lowest BCUT2D eigenvalue weighted by Crippen LogP contribution is -2.30. The highest BCUT2D eigenvalue weighted by molar-refractivity contribution is 7.17. The second-order valence-electron chi connectivity index (χ2n) is 6.62. The molecule has 6 nitrogen and oxygen atoms in total. The van der Waals surface area contributed by atoms with E-state index in [0.717, 1.165) is 41.3 Å². The minimum Gasteiger partial charge on any atom is -0.486 e. The molecule has 1 aromatic heterocycles. The lowest BCUT2D eigenvalue weighted by Gasteiger charge is -2.18. The average molecular weight is 386 g/mol. The van der Waals surface area contributed by atoms with Crippen molar-refractivity contribution in [2.24, 2.45) is 0 Å². The number of carbonyl (C=O) groups is 2. The van der Waals surface area contributed by atoms with E-state index in [4.69, 9.17) is 9.47 Å². The van der Waals surface area contributed by atoms with Crippen molar-refractivity contribution >= 4 is 23.2 Å². The molecule has 2 amide bonds. The third kappa shape index (κ3) is 4.08. The number of hydrogen-bond acceptors (Lipinski definition) is 5. The minimum absolute atomic E-state index is 0.0726. The fourth-order valence-corrected chi connectivity index (χ4v) is 4.23. The van der Waals surface area contributed by atoms with E-state index in [1.54, 1.807) is 0 Å². The van der Waals surface area contributed by atoms with Crippen molar-refractivity contribution in [1.82, 2.24) is 10.2 Å². The molecule has 2 aliphatic heterocycles. The largest absolute Gasteiger partial charge is 0.486 e. The Morgan fingerprint density at radius 2 is 2.00 bits per heavy atom. The van der Waals surface area contributed by atoms with E-state index in [1.165, 1.54) is 11.3 Å². The van der Waals surface area contributed by atoms with E-state index in [0.29, 0.717) is 37.6 Å². The van der Waals surface area contributed by atoms with Crippen LogP contribution in [-0.2, 0) is 4.79 Å². The molecule has 27 heavy (non-hydrogen) atoms. The molecule has 1 aromatic carbocycles. The normalized spacial score (nSPS) is 15.9. The Morgan fingerprint density at radius 1 is 1.15 bits per heavy atom. The smallest absolute Gasteiger partial charge is 0.261 e. The quantitative estimate of drug-likeness (QED) is 0.775. The van der Waals surface area contributed by atoms with Gasteiger partial charge in [-0.1, -0.05) is 0 Å². The molecule has 0 unspecified atom stereocenters. The number of carbonyl (C=O) groups excluding carboxylic acids is 2. The maximum atomic E-state index is 12.4. The third-order valence-electron chi connectivity index (χ3n) is 4.72. The Labute approximate surface area is 162 Å². The number of rotatable bonds is 6. The first-order chi connectivity index (χ1) is 13.2. The Morgan fingerprint density at radius 3 is 2.81 bits per heavy atom. The summed E-state index contributed by atoms with van der Waals surface area (Å²) in [4.78, 5) is 27.5. The maximum absolute atomic E-state index is 12.4. The molecule has 0 atom stereocenters. The zero-order chi connectivity index (χ0) is 18.6. The highest BCUT2D eigenvalue weighted by atomic mass is 32.1. The van der Waals surface area contributed by atoms with Gasteiger partial charge in [0.1, 0.15) is 13.2 Å². The number of hydrogen-bond donors (Lipinski definition) is 1. The van der Waals surface area contributed by atoms with Gasteiger partial charge >= 0.3 is 0 Å². The van der Waals surface area contributed by atoms with Crippen molar-refractivity contribution in [3.8, 4) is 21.9 Å². The second kappa shape index (κ2) is 8.00. The van der Waals surface area contributed by atoms with E-state index in [1.807, 2.05) is 35.2 Å². The summed E-state index contributed by atoms with van der Waals surface area (Å²) in [5.74, 6) is 1.66. The highest BCUT2D eigenvalue weighted by Gasteiger charge is 2.19. The Hall–Kier alpha value is -2.54. The monoisotopic (exact) mass is 386 g/mol. The van der Waals surface area contributed by atoms with Gasteiger partial charge in [-0.15, -0.1) is 11.3 Å². The number of likely N-dealkylation sites (tertiary alicyclic amines) is 1. The summed E-state index contributed by atoms with van der Waals surface area (Å²) in [7, 11) is 0. The van der Waals surface area contributed by atoms with Gasteiger partial charge in [0.15, 0.2) is 11.5 Å². The summed E-state index contributed by atoms with van der Waals surface area (Å²) in [6.07, 6.45) is 2.38. The van der Waals surface area contributed by atoms with Crippen LogP contribution in [0.2, 0.25) is 0 Å². The molecule has 0 bridgehead atoms. The molecule has 4 rings (SSSR count). The molecule has 0 aliphatic carbocycles. The molecule has 2 aliphatic rings. The maximum Gasteiger partial charge on any atom is 0.261 e. The van der Waals surface area contributed by atoms with Crippen molar-refractivity contribution in [2.75, 3.05) is 32.8 Å². The highest BCUT2D eigenvalue weighted by Crippen LogP contribution is 2.36. The molecular weight excluding hydrogens is 364 g/mol. The van der Waals surface area contributed by atoms with E-state index >= 15 is 0 Å². The molecule has 0 saturated carbocycles. The number of benzene rings is 1. The number of amides is 2. The number of ether oxygens (including phenoxy) is 2. The Bertz CT molecular complexity index is 848. The van der Waals surface area contributed by atoms with Gasteiger partial charge < -0.3 is 19.7 Å². The van der Waals surface area contributed by atoms with E-state index in [2.05, 4.69) is 5.32 Å². The lowest BCUT2D eigenvalue weighted by molar-refractivity contribution is -0.127. The molecule has 142 valence electrons. The molecule has 1 fully saturated rings. The predicted molar refractivity (Wildman–Crippen MR) is 104 cm³/mol. The summed E-state index contributed by atoms with van der Waals surface area (Å²) < 4.78 is 11.2. The van der Waals surface area contributed by atoms with Crippen LogP contribution in [0, 0.1) is 0 Å². The zero-order valence-electron chi connectivity index (χ0n) is 15.0. The molecule has 0 radical (unpaired) electrons. The average Bonchev–Trinajstić information content (AvgIpc) is 3.34. The topological polar surface area (TPSA) is 67.9 Å². The van der Waals surface area contributed by atoms with Gasteiger partial charge in [-0.2, -0.15) is 0 Å². The van der Waals surface area contributed by atoms with Crippen molar-refractivity contribution in [3.63, 3.8) is 0 Å². The summed E-state index contributed by atoms with van der Waals surface area (Å²) in [5, 5.41) is 2.94. The Balaban J connectivity index is 1.32. The van der Waals surface area contributed by atoms with Crippen LogP contribution in [0.5, 0.6) is 11.5 Å². The lowest BCUT2D eigenvalue weighted by atomic mass is 10.1. The van der Waals surface area contributed by atoms with Gasteiger partial charge in [0.2, 0.25) is 5.91 Å². The first kappa shape index (κ1) is 17.9. The SMILES string of the molecule is O=C(NCCCN1CCCC1=O)c1ccc(-c2ccc3c(c2)OCCO3)s1. The van der Waals surface area contributed by atoms with Crippen LogP contribution in [0.4, 0.5) is 0 Å². The Kier molecular flexibility index (Phi) is 5.29. The standard InChI is InChI=1S/C20H22N2O4S/c23-19-3-1-9-22(19)10-2-8-21-20(24)18-7-6-17(27-18)14-4-5-15-16(13-14)26-12-11-25-15/h4-7,13H,1-3,8-12H2,(H,21,24). The van der Waals surface area contributed by atoms with Crippen molar-refractivity contribution < 1.29 is 19.1 Å². The number of fused-ring (bicyclic) bond motifs is 1. The van der Waals surface area contributed by atoms with Gasteiger partial charge in [-0.05, 0) is 48.7 Å². The summed E-state index contributed by atoms with van der Waals surface area (Å²) in [5.41, 5.74) is 1.01. The number of thiophene rings is 1. The van der Waals surface area contributed by atoms with Crippen LogP contribution in [0.15, 0.2) is 30.3 Å². The van der Waals surface area contributed by atoms with Gasteiger partial charge in [-0.25, -0.2) is 0 Å². The van der Waals surface area contributed by atoms with Gasteiger partial charge in [0.25, 0.3) is 5.91 Å². The van der Waals surface area contributed by atoms with Gasteiger partial charge in [0, 0.05) is 30.9 Å². The zero-order valence-corrected chi connectivity index (χ0v) is 15.8. The van der Waals surface area contributed by atoms with Gasteiger partial charge in [-0.3, -0.25) is 9.59 Å². The molecular formula is C20H22N2O4S. The van der Waals surface area contributed by atoms with Gasteiger partial charge in [0.05, 0.1) is 4.88 Å². The van der Waals surface area contributed by atoms with Crippen molar-refractivity contribution in [1.29, 1.82) is 0 Å². The molecule has 1 N–H and O–H groups in total. The predicted octanol–water partition coefficient (Wildman–Crippen LogP) is 2.93. The van der Waals surface area contributed by atoms with Crippen LogP contribution < -0.4 is 14.8 Å². The molecule has 7 heteroatoms. The van der Waals surface area contributed by atoms with Crippen molar-refractivity contribution in [3.05, 3.63) is 35.2 Å².